The van der Waals surface area contributed by atoms with E-state index in [9.17, 15) is 0 Å². The molecule has 0 N–H and O–H groups in total. The summed E-state index contributed by atoms with van der Waals surface area (Å²) in [5, 5.41) is 1.65. The molecule has 0 fully saturated rings. The zero-order valence-electron chi connectivity index (χ0n) is 13.3. The van der Waals surface area contributed by atoms with Gasteiger partial charge in [0.1, 0.15) is 0 Å². The minimum atomic E-state index is -1.26. The molecule has 0 aliphatic carbocycles. The molecule has 0 saturated carbocycles. The molecule has 1 aromatic rings. The van der Waals surface area contributed by atoms with E-state index in [2.05, 4.69) is 82.5 Å². The average molecular weight is 295 g/mol. The van der Waals surface area contributed by atoms with Crippen LogP contribution in [0.1, 0.15) is 0 Å². The predicted octanol–water partition coefficient (Wildman–Crippen LogP) is 3.29. The normalized spacial score (nSPS) is 12.9. The molecule has 0 aromatic heterocycles. The van der Waals surface area contributed by atoms with Crippen molar-refractivity contribution >= 4 is 33.9 Å². The maximum atomic E-state index is 2.62. The quantitative estimate of drug-likeness (QED) is 0.770. The lowest BCUT2D eigenvalue weighted by molar-refractivity contribution is 1.13. The highest BCUT2D eigenvalue weighted by Gasteiger charge is 2.44. The lowest BCUT2D eigenvalue weighted by Gasteiger charge is -2.41. The second-order valence-electron chi connectivity index (χ2n) is 6.69. The van der Waals surface area contributed by atoms with Crippen molar-refractivity contribution in [2.24, 2.45) is 0 Å². The van der Waals surface area contributed by atoms with Crippen molar-refractivity contribution in [1.82, 2.24) is 0 Å². The number of anilines is 1. The van der Waals surface area contributed by atoms with Crippen molar-refractivity contribution in [1.29, 1.82) is 0 Å². The molecule has 1 aromatic carbocycles. The molecule has 1 rings (SSSR count). The van der Waals surface area contributed by atoms with Gasteiger partial charge < -0.3 is 4.90 Å². The summed E-state index contributed by atoms with van der Waals surface area (Å²) in [4.78, 5) is 2.18. The Kier molecular flexibility index (Phi) is 4.67. The topological polar surface area (TPSA) is 3.24 Å². The van der Waals surface area contributed by atoms with Gasteiger partial charge in [-0.3, -0.25) is 0 Å². The van der Waals surface area contributed by atoms with Gasteiger partial charge in [-0.2, -0.15) is 0 Å². The highest BCUT2D eigenvalue weighted by molar-refractivity contribution is 7.66. The van der Waals surface area contributed by atoms with Crippen LogP contribution in [0.2, 0.25) is 39.3 Å². The first kappa shape index (κ1) is 15.7. The fourth-order valence-electron chi connectivity index (χ4n) is 2.16. The molecule has 18 heavy (non-hydrogen) atoms. The fourth-order valence-corrected chi connectivity index (χ4v) is 24.1. The van der Waals surface area contributed by atoms with Crippen molar-refractivity contribution in [3.8, 4) is 0 Å². The number of hydrogen-bond donors (Lipinski definition) is 0. The molecule has 0 saturated heterocycles. The molecule has 0 aliphatic rings. The Balaban J connectivity index is 3.13. The van der Waals surface area contributed by atoms with E-state index in [1.54, 1.807) is 5.19 Å². The lowest BCUT2D eigenvalue weighted by atomic mass is 10.3. The van der Waals surface area contributed by atoms with Crippen LogP contribution < -0.4 is 10.1 Å². The van der Waals surface area contributed by atoms with Gasteiger partial charge in [0, 0.05) is 35.2 Å². The van der Waals surface area contributed by atoms with Crippen LogP contribution >= 0.6 is 0 Å². The van der Waals surface area contributed by atoms with Crippen LogP contribution in [-0.4, -0.2) is 37.1 Å². The van der Waals surface area contributed by atoms with Crippen molar-refractivity contribution in [2.45, 2.75) is 39.3 Å². The zero-order valence-corrected chi connectivity index (χ0v) is 16.3. The van der Waals surface area contributed by atoms with Gasteiger partial charge in [0.05, 0.1) is 7.59 Å². The summed E-state index contributed by atoms with van der Waals surface area (Å²) in [6.07, 6.45) is 0. The Morgan fingerprint density at radius 1 is 0.889 bits per heavy atom. The molecule has 0 atom stereocenters. The van der Waals surface area contributed by atoms with E-state index in [0.717, 1.165) is 0 Å². The van der Waals surface area contributed by atoms with Crippen LogP contribution in [0.15, 0.2) is 24.3 Å². The summed E-state index contributed by atoms with van der Waals surface area (Å²) >= 11 is 0. The largest absolute Gasteiger partial charge is 0.378 e. The lowest BCUT2D eigenvalue weighted by Crippen LogP contribution is -2.69. The zero-order chi connectivity index (χ0) is 14.1. The summed E-state index contributed by atoms with van der Waals surface area (Å²) in [6, 6.07) is 9.35. The average Bonchev–Trinajstić information content (AvgIpc) is 2.28. The number of rotatable bonds is 4. The van der Waals surface area contributed by atoms with Crippen molar-refractivity contribution in [3.05, 3.63) is 24.3 Å². The summed E-state index contributed by atoms with van der Waals surface area (Å²) in [5.41, 5.74) is 1.31. The van der Waals surface area contributed by atoms with Crippen LogP contribution in [0.4, 0.5) is 5.69 Å². The van der Waals surface area contributed by atoms with Gasteiger partial charge in [-0.05, 0) is 12.1 Å². The number of hydrogen-bond acceptors (Lipinski definition) is 1. The molecule has 1 nitrogen and oxygen atoms in total. The Morgan fingerprint density at radius 3 is 1.67 bits per heavy atom. The van der Waals surface area contributed by atoms with Gasteiger partial charge in [0.15, 0.2) is 0 Å². The highest BCUT2D eigenvalue weighted by Crippen LogP contribution is 2.23. The molecule has 1 radical (unpaired) electrons. The molecule has 0 unspecified atom stereocenters. The summed E-state index contributed by atoms with van der Waals surface area (Å²) in [6.45, 7) is 15.4. The second kappa shape index (κ2) is 5.35. The van der Waals surface area contributed by atoms with Crippen molar-refractivity contribution in [3.63, 3.8) is 0 Å². The molecule has 101 valence electrons. The van der Waals surface area contributed by atoms with E-state index in [4.69, 9.17) is 0 Å². The minimum absolute atomic E-state index is 0.151. The third-order valence-electron chi connectivity index (χ3n) is 4.92. The van der Waals surface area contributed by atoms with Crippen LogP contribution in [0.3, 0.4) is 0 Å². The van der Waals surface area contributed by atoms with Crippen LogP contribution in [0.25, 0.3) is 0 Å². The Morgan fingerprint density at radius 2 is 1.33 bits per heavy atom. The smallest absolute Gasteiger partial charge is 0.0711 e. The van der Waals surface area contributed by atoms with Gasteiger partial charge in [0.25, 0.3) is 0 Å². The van der Waals surface area contributed by atoms with E-state index in [-0.39, 0.29) is 8.31 Å². The SMILES string of the molecule is CN(C)c1ccc([Si](C)(C)[Si](C)(C)[Si](C)C)cc1. The van der Waals surface area contributed by atoms with Gasteiger partial charge in [-0.15, -0.1) is 0 Å². The van der Waals surface area contributed by atoms with Crippen LogP contribution in [0.5, 0.6) is 0 Å². The summed E-state index contributed by atoms with van der Waals surface area (Å²) in [5.74, 6) is 0. The van der Waals surface area contributed by atoms with E-state index in [1.807, 2.05) is 0 Å². The Hall–Kier alpha value is -0.329. The minimum Gasteiger partial charge on any atom is -0.378 e. The van der Waals surface area contributed by atoms with E-state index >= 15 is 0 Å². The Labute approximate surface area is 116 Å². The van der Waals surface area contributed by atoms with Crippen molar-refractivity contribution in [2.75, 3.05) is 19.0 Å². The third kappa shape index (κ3) is 2.81. The van der Waals surface area contributed by atoms with Crippen LogP contribution in [-0.2, 0) is 0 Å². The molecule has 0 heterocycles. The fraction of sp³-hybridized carbons (Fsp3) is 0.571. The highest BCUT2D eigenvalue weighted by atomic mass is 29.6. The molecule has 0 spiro atoms. The molecule has 0 bridgehead atoms. The summed E-state index contributed by atoms with van der Waals surface area (Å²) in [7, 11) is 1.73. The first-order valence-corrected chi connectivity index (χ1v) is 17.2. The van der Waals surface area contributed by atoms with Gasteiger partial charge in [-0.1, -0.05) is 56.6 Å². The molecular weight excluding hydrogens is 266 g/mol. The first-order chi connectivity index (χ1) is 8.10. The molecule has 0 aliphatic heterocycles. The maximum Gasteiger partial charge on any atom is 0.0711 e. The predicted molar refractivity (Wildman–Crippen MR) is 92.8 cm³/mol. The first-order valence-electron chi connectivity index (χ1n) is 6.69. The molecule has 4 heteroatoms. The third-order valence-corrected chi connectivity index (χ3v) is 40.2. The monoisotopic (exact) mass is 294 g/mol. The number of nitrogens with zero attached hydrogens (tertiary/aromatic N) is 1. The van der Waals surface area contributed by atoms with Gasteiger partial charge in [0.2, 0.25) is 0 Å². The second-order valence-corrected chi connectivity index (χ2v) is 31.5. The Bertz CT molecular complexity index is 394. The number of benzene rings is 1. The van der Waals surface area contributed by atoms with E-state index in [0.29, 0.717) is 0 Å². The molecular formula is C14H28NSi3. The standard InChI is InChI=1S/C14H28NSi3/c1-15(2)13-9-11-14(12-10-13)17(5,6)18(7,8)16(3)4/h9-12H,1-8H3. The van der Waals surface area contributed by atoms with E-state index in [1.165, 1.54) is 5.69 Å². The molecule has 0 amide bonds. The van der Waals surface area contributed by atoms with Crippen molar-refractivity contribution < 1.29 is 0 Å². The van der Waals surface area contributed by atoms with Crippen LogP contribution in [0, 0.1) is 0 Å². The maximum absolute atomic E-state index is 2.62. The van der Waals surface area contributed by atoms with Gasteiger partial charge >= 0.3 is 0 Å². The van der Waals surface area contributed by atoms with Gasteiger partial charge in [-0.25, -0.2) is 0 Å². The summed E-state index contributed by atoms with van der Waals surface area (Å²) < 4.78 is 0. The van der Waals surface area contributed by atoms with E-state index < -0.39 is 14.7 Å².